The van der Waals surface area contributed by atoms with Gasteiger partial charge in [0.2, 0.25) is 0 Å². The van der Waals surface area contributed by atoms with E-state index in [2.05, 4.69) is 0 Å². The quantitative estimate of drug-likeness (QED) is 0.826. The molecule has 4 nitrogen and oxygen atoms in total. The first-order valence-corrected chi connectivity index (χ1v) is 6.98. The lowest BCUT2D eigenvalue weighted by Crippen LogP contribution is -2.45. The smallest absolute Gasteiger partial charge is 0.381 e. The van der Waals surface area contributed by atoms with Gasteiger partial charge in [-0.25, -0.2) is 8.42 Å². The Hall–Kier alpha value is -0.340. The molecule has 0 aromatic carbocycles. The molecule has 17 heavy (non-hydrogen) atoms. The Balaban J connectivity index is 2.91. The summed E-state index contributed by atoms with van der Waals surface area (Å²) < 4.78 is 66.8. The van der Waals surface area contributed by atoms with Gasteiger partial charge < -0.3 is 10.5 Å². The summed E-state index contributed by atoms with van der Waals surface area (Å²) in [5.74, 6) is 0. The normalized spacial score (nSPS) is 21.4. The zero-order valence-electron chi connectivity index (χ0n) is 9.24. The van der Waals surface area contributed by atoms with E-state index < -0.39 is 32.9 Å². The molecule has 1 saturated heterocycles. The molecule has 102 valence electrons. The van der Waals surface area contributed by atoms with Crippen molar-refractivity contribution in [2.45, 2.75) is 35.9 Å². The van der Waals surface area contributed by atoms with E-state index in [0.29, 0.717) is 0 Å². The van der Waals surface area contributed by atoms with Crippen molar-refractivity contribution in [1.29, 1.82) is 0 Å². The SMILES string of the molecule is NCCC(C(F)(F)F)S(=O)(=O)C1CCOCC1. The van der Waals surface area contributed by atoms with Crippen LogP contribution in [-0.4, -0.2) is 44.9 Å². The van der Waals surface area contributed by atoms with Gasteiger partial charge in [-0.3, -0.25) is 0 Å². The first-order chi connectivity index (χ1) is 7.80. The monoisotopic (exact) mass is 275 g/mol. The van der Waals surface area contributed by atoms with Crippen molar-refractivity contribution >= 4 is 9.84 Å². The lowest BCUT2D eigenvalue weighted by atomic mass is 10.2. The van der Waals surface area contributed by atoms with Crippen LogP contribution in [0.5, 0.6) is 0 Å². The third kappa shape index (κ3) is 3.56. The lowest BCUT2D eigenvalue weighted by molar-refractivity contribution is -0.131. The Morgan fingerprint density at radius 1 is 1.29 bits per heavy atom. The maximum atomic E-state index is 12.7. The number of halogens is 3. The van der Waals surface area contributed by atoms with Gasteiger partial charge in [-0.05, 0) is 25.8 Å². The van der Waals surface area contributed by atoms with E-state index >= 15 is 0 Å². The summed E-state index contributed by atoms with van der Waals surface area (Å²) in [6.45, 7) is 0.0842. The summed E-state index contributed by atoms with van der Waals surface area (Å²) in [7, 11) is -4.23. The molecule has 0 spiro atoms. The van der Waals surface area contributed by atoms with Gasteiger partial charge in [-0.2, -0.15) is 13.2 Å². The predicted molar refractivity (Wildman–Crippen MR) is 56.3 cm³/mol. The van der Waals surface area contributed by atoms with Gasteiger partial charge >= 0.3 is 6.18 Å². The number of hydrogen-bond acceptors (Lipinski definition) is 4. The summed E-state index contributed by atoms with van der Waals surface area (Å²) in [5, 5.41) is -3.31. The molecule has 2 N–H and O–H groups in total. The van der Waals surface area contributed by atoms with Crippen LogP contribution in [0.15, 0.2) is 0 Å². The van der Waals surface area contributed by atoms with Crippen LogP contribution >= 0.6 is 0 Å². The number of nitrogens with two attached hydrogens (primary N) is 1. The summed E-state index contributed by atoms with van der Waals surface area (Å²) in [4.78, 5) is 0. The highest BCUT2D eigenvalue weighted by atomic mass is 32.2. The molecule has 1 fully saturated rings. The van der Waals surface area contributed by atoms with Crippen molar-refractivity contribution < 1.29 is 26.3 Å². The Bertz CT molecular complexity index is 336. The van der Waals surface area contributed by atoms with E-state index in [1.54, 1.807) is 0 Å². The Morgan fingerprint density at radius 2 is 1.82 bits per heavy atom. The van der Waals surface area contributed by atoms with Crippen LogP contribution in [0.3, 0.4) is 0 Å². The van der Waals surface area contributed by atoms with Crippen LogP contribution in [0.2, 0.25) is 0 Å². The molecule has 1 unspecified atom stereocenters. The number of sulfone groups is 1. The van der Waals surface area contributed by atoms with E-state index in [9.17, 15) is 21.6 Å². The largest absolute Gasteiger partial charge is 0.405 e. The molecule has 1 aliphatic heterocycles. The molecule has 0 amide bonds. The van der Waals surface area contributed by atoms with Gasteiger partial charge in [0.25, 0.3) is 0 Å². The molecule has 0 saturated carbocycles. The standard InChI is InChI=1S/C9H16F3NO3S/c10-9(11,12)8(1-4-13)17(14,15)7-2-5-16-6-3-7/h7-8H,1-6,13H2. The van der Waals surface area contributed by atoms with E-state index in [-0.39, 0.29) is 32.6 Å². The van der Waals surface area contributed by atoms with Gasteiger partial charge in [0.1, 0.15) is 0 Å². The van der Waals surface area contributed by atoms with E-state index in [0.717, 1.165) is 0 Å². The van der Waals surface area contributed by atoms with Crippen LogP contribution in [-0.2, 0) is 14.6 Å². The second kappa shape index (κ2) is 5.53. The average Bonchev–Trinajstić information content (AvgIpc) is 2.25. The highest BCUT2D eigenvalue weighted by molar-refractivity contribution is 7.92. The second-order valence-corrected chi connectivity index (χ2v) is 6.42. The molecule has 0 aliphatic carbocycles. The van der Waals surface area contributed by atoms with Crippen LogP contribution in [0, 0.1) is 0 Å². The number of ether oxygens (including phenoxy) is 1. The maximum Gasteiger partial charge on any atom is 0.405 e. The van der Waals surface area contributed by atoms with Gasteiger partial charge in [-0.1, -0.05) is 0 Å². The summed E-state index contributed by atoms with van der Waals surface area (Å²) >= 11 is 0. The van der Waals surface area contributed by atoms with Crippen molar-refractivity contribution in [2.24, 2.45) is 5.73 Å². The van der Waals surface area contributed by atoms with Crippen LogP contribution in [0.4, 0.5) is 13.2 Å². The third-order valence-electron chi connectivity index (χ3n) is 2.82. The highest BCUT2D eigenvalue weighted by Crippen LogP contribution is 2.33. The predicted octanol–water partition coefficient (Wildman–Crippen LogP) is 0.860. The molecule has 8 heteroatoms. The van der Waals surface area contributed by atoms with Crippen molar-refractivity contribution in [3.8, 4) is 0 Å². The lowest BCUT2D eigenvalue weighted by Gasteiger charge is -2.28. The molecule has 1 heterocycles. The van der Waals surface area contributed by atoms with Crippen LogP contribution in [0.1, 0.15) is 19.3 Å². The number of rotatable bonds is 4. The van der Waals surface area contributed by atoms with Gasteiger partial charge in [-0.15, -0.1) is 0 Å². The summed E-state index contributed by atoms with van der Waals surface area (Å²) in [6, 6.07) is 0. The van der Waals surface area contributed by atoms with Gasteiger partial charge in [0.05, 0.1) is 5.25 Å². The van der Waals surface area contributed by atoms with Crippen molar-refractivity contribution in [3.63, 3.8) is 0 Å². The van der Waals surface area contributed by atoms with Crippen LogP contribution in [0.25, 0.3) is 0 Å². The van der Waals surface area contributed by atoms with Crippen molar-refractivity contribution in [1.82, 2.24) is 0 Å². The Kier molecular flexibility index (Phi) is 4.79. The third-order valence-corrected chi connectivity index (χ3v) is 5.52. The maximum absolute atomic E-state index is 12.7. The highest BCUT2D eigenvalue weighted by Gasteiger charge is 2.50. The van der Waals surface area contributed by atoms with Gasteiger partial charge in [0.15, 0.2) is 15.1 Å². The zero-order valence-corrected chi connectivity index (χ0v) is 10.1. The molecular formula is C9H16F3NO3S. The molecule has 0 aromatic rings. The number of alkyl halides is 3. The number of hydrogen-bond donors (Lipinski definition) is 1. The molecule has 0 bridgehead atoms. The second-order valence-electron chi connectivity index (χ2n) is 4.01. The Labute approximate surface area is 98.2 Å². The Morgan fingerprint density at radius 3 is 2.24 bits per heavy atom. The fraction of sp³-hybridized carbons (Fsp3) is 1.00. The minimum absolute atomic E-state index is 0.124. The zero-order chi connectivity index (χ0) is 13.1. The molecule has 1 rings (SSSR count). The van der Waals surface area contributed by atoms with Crippen molar-refractivity contribution in [3.05, 3.63) is 0 Å². The van der Waals surface area contributed by atoms with Crippen molar-refractivity contribution in [2.75, 3.05) is 19.8 Å². The van der Waals surface area contributed by atoms with E-state index in [1.807, 2.05) is 0 Å². The summed E-state index contributed by atoms with van der Waals surface area (Å²) in [6.07, 6.45) is -5.08. The first-order valence-electron chi connectivity index (χ1n) is 5.37. The minimum Gasteiger partial charge on any atom is -0.381 e. The minimum atomic E-state index is -4.75. The molecule has 0 aromatic heterocycles. The summed E-state index contributed by atoms with van der Waals surface area (Å²) in [5.41, 5.74) is 5.06. The van der Waals surface area contributed by atoms with Gasteiger partial charge in [0, 0.05) is 13.2 Å². The first kappa shape index (κ1) is 14.7. The fourth-order valence-corrected chi connectivity index (χ4v) is 4.05. The molecular weight excluding hydrogens is 259 g/mol. The van der Waals surface area contributed by atoms with Crippen LogP contribution < -0.4 is 5.73 Å². The van der Waals surface area contributed by atoms with E-state index in [4.69, 9.17) is 10.5 Å². The van der Waals surface area contributed by atoms with E-state index in [1.165, 1.54) is 0 Å². The molecule has 1 aliphatic rings. The fourth-order valence-electron chi connectivity index (χ4n) is 1.90. The topological polar surface area (TPSA) is 69.4 Å². The average molecular weight is 275 g/mol. The molecule has 1 atom stereocenters. The molecule has 0 radical (unpaired) electrons.